The summed E-state index contributed by atoms with van der Waals surface area (Å²) in [5, 5.41) is 7.68. The van der Waals surface area contributed by atoms with E-state index in [0.717, 1.165) is 6.42 Å². The Kier molecular flexibility index (Phi) is 5.28. The molecule has 8 aromatic rings. The van der Waals surface area contributed by atoms with Crippen LogP contribution in [0.1, 0.15) is 11.1 Å². The molecule has 8 rings (SSSR count). The molecule has 1 aromatic heterocycles. The second kappa shape index (κ2) is 9.25. The molecular weight excluding hydrogens is 482 g/mol. The summed E-state index contributed by atoms with van der Waals surface area (Å²) in [6.07, 6.45) is 0.904. The summed E-state index contributed by atoms with van der Waals surface area (Å²) < 4.78 is 2.44. The molecule has 1 heterocycles. The number of hydrogen-bond donors (Lipinski definition) is 0. The smallest absolute Gasteiger partial charge is 0.0619 e. The third-order valence-electron chi connectivity index (χ3n) is 8.23. The van der Waals surface area contributed by atoms with E-state index in [4.69, 9.17) is 0 Å². The van der Waals surface area contributed by atoms with Crippen molar-refractivity contribution in [3.63, 3.8) is 0 Å². The molecule has 0 atom stereocenters. The largest absolute Gasteiger partial charge is 0.309 e. The highest BCUT2D eigenvalue weighted by Crippen LogP contribution is 2.38. The lowest BCUT2D eigenvalue weighted by Gasteiger charge is -2.15. The van der Waals surface area contributed by atoms with E-state index < -0.39 is 0 Å². The van der Waals surface area contributed by atoms with E-state index in [1.807, 2.05) is 0 Å². The highest BCUT2D eigenvalue weighted by Gasteiger charge is 2.16. The molecular formula is C39H27N. The number of nitrogens with zero attached hydrogens (tertiary/aromatic N) is 1. The Morgan fingerprint density at radius 2 is 1.05 bits per heavy atom. The summed E-state index contributed by atoms with van der Waals surface area (Å²) in [4.78, 5) is 0. The van der Waals surface area contributed by atoms with Crippen molar-refractivity contribution in [3.8, 4) is 16.8 Å². The fourth-order valence-electron chi connectivity index (χ4n) is 6.40. The molecule has 188 valence electrons. The Bertz CT molecular complexity index is 2170. The maximum atomic E-state index is 2.44. The highest BCUT2D eigenvalue weighted by atomic mass is 15.0. The molecule has 1 heteroatoms. The van der Waals surface area contributed by atoms with Crippen molar-refractivity contribution in [2.45, 2.75) is 6.42 Å². The summed E-state index contributed by atoms with van der Waals surface area (Å²) in [5.41, 5.74) is 8.92. The maximum Gasteiger partial charge on any atom is 0.0619 e. The van der Waals surface area contributed by atoms with Gasteiger partial charge in [-0.25, -0.2) is 0 Å². The fraction of sp³-hybridized carbons (Fsp3) is 0.0256. The van der Waals surface area contributed by atoms with Gasteiger partial charge in [0.15, 0.2) is 0 Å². The van der Waals surface area contributed by atoms with Crippen LogP contribution in [0.4, 0.5) is 0 Å². The molecule has 40 heavy (non-hydrogen) atoms. The van der Waals surface area contributed by atoms with Crippen LogP contribution in [0.3, 0.4) is 0 Å². The van der Waals surface area contributed by atoms with Gasteiger partial charge < -0.3 is 4.57 Å². The Morgan fingerprint density at radius 3 is 1.85 bits per heavy atom. The van der Waals surface area contributed by atoms with Gasteiger partial charge in [0.05, 0.1) is 11.0 Å². The summed E-state index contributed by atoms with van der Waals surface area (Å²) in [6, 6.07) is 55.2. The van der Waals surface area contributed by atoms with Crippen molar-refractivity contribution in [2.75, 3.05) is 0 Å². The molecule has 0 saturated heterocycles. The number of benzene rings is 7. The number of para-hydroxylation sites is 1. The zero-order chi connectivity index (χ0) is 26.5. The third kappa shape index (κ3) is 3.63. The Morgan fingerprint density at radius 1 is 0.425 bits per heavy atom. The zero-order valence-electron chi connectivity index (χ0n) is 22.1. The van der Waals surface area contributed by atoms with E-state index in [2.05, 4.69) is 156 Å². The first-order valence-corrected chi connectivity index (χ1v) is 13.9. The summed E-state index contributed by atoms with van der Waals surface area (Å²) in [6.45, 7) is 0. The lowest BCUT2D eigenvalue weighted by Crippen LogP contribution is -1.96. The van der Waals surface area contributed by atoms with E-state index >= 15 is 0 Å². The average Bonchev–Trinajstić information content (AvgIpc) is 3.37. The van der Waals surface area contributed by atoms with Crippen LogP contribution in [0.2, 0.25) is 0 Å². The predicted octanol–water partition coefficient (Wildman–Crippen LogP) is 10.3. The van der Waals surface area contributed by atoms with Crippen LogP contribution in [-0.2, 0) is 6.42 Å². The van der Waals surface area contributed by atoms with Crippen LogP contribution < -0.4 is 0 Å². The molecule has 0 amide bonds. The Balaban J connectivity index is 1.34. The minimum atomic E-state index is 0.904. The van der Waals surface area contributed by atoms with Gasteiger partial charge in [0.25, 0.3) is 0 Å². The van der Waals surface area contributed by atoms with Gasteiger partial charge in [-0.15, -0.1) is 0 Å². The average molecular weight is 510 g/mol. The van der Waals surface area contributed by atoms with Crippen molar-refractivity contribution in [2.24, 2.45) is 0 Å². The van der Waals surface area contributed by atoms with Crippen LogP contribution in [0.15, 0.2) is 152 Å². The molecule has 0 spiro atoms. The molecule has 0 saturated carbocycles. The van der Waals surface area contributed by atoms with Crippen molar-refractivity contribution < 1.29 is 0 Å². The van der Waals surface area contributed by atoms with Gasteiger partial charge in [-0.05, 0) is 63.0 Å². The van der Waals surface area contributed by atoms with Crippen LogP contribution in [0.25, 0.3) is 60.2 Å². The second-order valence-electron chi connectivity index (χ2n) is 10.6. The Hall–Kier alpha value is -5.14. The van der Waals surface area contributed by atoms with Crippen molar-refractivity contribution >= 4 is 43.4 Å². The number of rotatable bonds is 4. The molecule has 1 nitrogen and oxygen atoms in total. The van der Waals surface area contributed by atoms with Crippen LogP contribution in [-0.4, -0.2) is 4.57 Å². The highest BCUT2D eigenvalue weighted by molar-refractivity contribution is 6.18. The maximum absolute atomic E-state index is 2.44. The SMILES string of the molecule is c1ccc(Cc2ccc3ccccc3c2-c2ccc(-n3c4ccccc4c4ccc5ccccc5c43)cc2)cc1. The van der Waals surface area contributed by atoms with Crippen molar-refractivity contribution in [1.29, 1.82) is 0 Å². The third-order valence-corrected chi connectivity index (χ3v) is 8.23. The number of aromatic nitrogens is 1. The van der Waals surface area contributed by atoms with Gasteiger partial charge in [0.2, 0.25) is 0 Å². The lowest BCUT2D eigenvalue weighted by molar-refractivity contribution is 1.18. The van der Waals surface area contributed by atoms with Crippen molar-refractivity contribution in [1.82, 2.24) is 4.57 Å². The first kappa shape index (κ1) is 22.8. The van der Waals surface area contributed by atoms with Crippen LogP contribution in [0, 0.1) is 0 Å². The molecule has 0 aliphatic heterocycles. The molecule has 0 unspecified atom stereocenters. The molecule has 0 N–H and O–H groups in total. The molecule has 0 bridgehead atoms. The Labute approximate surface area is 233 Å². The monoisotopic (exact) mass is 509 g/mol. The van der Waals surface area contributed by atoms with Crippen molar-refractivity contribution in [3.05, 3.63) is 163 Å². The minimum absolute atomic E-state index is 0.904. The van der Waals surface area contributed by atoms with E-state index in [1.165, 1.54) is 71.3 Å². The topological polar surface area (TPSA) is 4.93 Å². The number of fused-ring (bicyclic) bond motifs is 6. The van der Waals surface area contributed by atoms with E-state index in [0.29, 0.717) is 0 Å². The van der Waals surface area contributed by atoms with Crippen LogP contribution >= 0.6 is 0 Å². The van der Waals surface area contributed by atoms with Gasteiger partial charge in [0, 0.05) is 21.8 Å². The number of hydrogen-bond acceptors (Lipinski definition) is 0. The standard InChI is InChI=1S/C39H27N/c1-2-10-27(11-3-1)26-31-19-18-28-12-4-6-14-33(28)38(31)30-20-23-32(24-21-30)40-37-17-9-8-16-35(37)36-25-22-29-13-5-7-15-34(29)39(36)40/h1-25H,26H2. The summed E-state index contributed by atoms with van der Waals surface area (Å²) >= 11 is 0. The zero-order valence-corrected chi connectivity index (χ0v) is 22.1. The van der Waals surface area contributed by atoms with Gasteiger partial charge in [-0.3, -0.25) is 0 Å². The van der Waals surface area contributed by atoms with E-state index in [9.17, 15) is 0 Å². The second-order valence-corrected chi connectivity index (χ2v) is 10.6. The lowest BCUT2D eigenvalue weighted by atomic mass is 9.90. The molecule has 0 aliphatic carbocycles. The predicted molar refractivity (Wildman–Crippen MR) is 170 cm³/mol. The normalized spacial score (nSPS) is 11.6. The van der Waals surface area contributed by atoms with Gasteiger partial charge in [-0.2, -0.15) is 0 Å². The van der Waals surface area contributed by atoms with E-state index in [1.54, 1.807) is 0 Å². The summed E-state index contributed by atoms with van der Waals surface area (Å²) in [7, 11) is 0. The molecule has 0 radical (unpaired) electrons. The first-order valence-electron chi connectivity index (χ1n) is 13.9. The quantitative estimate of drug-likeness (QED) is 0.222. The van der Waals surface area contributed by atoms with Gasteiger partial charge in [0.1, 0.15) is 0 Å². The first-order chi connectivity index (χ1) is 19.8. The molecule has 7 aromatic carbocycles. The summed E-state index contributed by atoms with van der Waals surface area (Å²) in [5.74, 6) is 0. The van der Waals surface area contributed by atoms with Gasteiger partial charge >= 0.3 is 0 Å². The fourth-order valence-corrected chi connectivity index (χ4v) is 6.40. The van der Waals surface area contributed by atoms with Gasteiger partial charge in [-0.1, -0.05) is 133 Å². The minimum Gasteiger partial charge on any atom is -0.309 e. The molecule has 0 aliphatic rings. The van der Waals surface area contributed by atoms with E-state index in [-0.39, 0.29) is 0 Å². The molecule has 0 fully saturated rings. The van der Waals surface area contributed by atoms with Crippen LogP contribution in [0.5, 0.6) is 0 Å².